The topological polar surface area (TPSA) is 29.1 Å². The number of piperidine rings is 1. The molecule has 1 heterocycles. The molecule has 2 nitrogen and oxygen atoms in total. The van der Waals surface area contributed by atoms with Crippen molar-refractivity contribution in [1.82, 2.24) is 5.32 Å². The smallest absolute Gasteiger partial charge is 0.132 e. The number of Topliss-reactive ketones (excluding diaryl/α,β-unsaturated/α-hetero) is 1. The van der Waals surface area contributed by atoms with E-state index in [-0.39, 0.29) is 0 Å². The van der Waals surface area contributed by atoms with Crippen LogP contribution in [0.3, 0.4) is 0 Å². The number of rotatable bonds is 4. The summed E-state index contributed by atoms with van der Waals surface area (Å²) in [7, 11) is 0. The van der Waals surface area contributed by atoms with Gasteiger partial charge in [0.15, 0.2) is 0 Å². The summed E-state index contributed by atoms with van der Waals surface area (Å²) in [4.78, 5) is 11.0. The van der Waals surface area contributed by atoms with Crippen molar-refractivity contribution in [2.75, 3.05) is 6.54 Å². The van der Waals surface area contributed by atoms with Crippen molar-refractivity contribution < 1.29 is 4.79 Å². The van der Waals surface area contributed by atoms with Gasteiger partial charge in [0, 0.05) is 18.9 Å². The standard InChI is InChI=1S/C10H19NO/c1-2-10(12)7-6-9-5-3-4-8-11-9/h9,11H,2-8H2,1H3. The summed E-state index contributed by atoms with van der Waals surface area (Å²) in [6.45, 7) is 3.08. The van der Waals surface area contributed by atoms with E-state index in [1.54, 1.807) is 0 Å². The third kappa shape index (κ3) is 3.35. The summed E-state index contributed by atoms with van der Waals surface area (Å²) in [5.74, 6) is 0.405. The van der Waals surface area contributed by atoms with Gasteiger partial charge in [-0.05, 0) is 25.8 Å². The van der Waals surface area contributed by atoms with Gasteiger partial charge in [-0.2, -0.15) is 0 Å². The predicted octanol–water partition coefficient (Wildman–Crippen LogP) is 1.89. The van der Waals surface area contributed by atoms with Crippen LogP contribution in [0.5, 0.6) is 0 Å². The molecule has 1 fully saturated rings. The minimum atomic E-state index is 0.405. The van der Waals surface area contributed by atoms with Gasteiger partial charge in [0.2, 0.25) is 0 Å². The minimum absolute atomic E-state index is 0.405. The largest absolute Gasteiger partial charge is 0.314 e. The number of hydrogen-bond acceptors (Lipinski definition) is 2. The zero-order valence-electron chi connectivity index (χ0n) is 7.94. The van der Waals surface area contributed by atoms with E-state index in [2.05, 4.69) is 5.32 Å². The van der Waals surface area contributed by atoms with E-state index in [0.717, 1.165) is 19.4 Å². The van der Waals surface area contributed by atoms with E-state index in [9.17, 15) is 4.79 Å². The summed E-state index contributed by atoms with van der Waals surface area (Å²) in [5, 5.41) is 3.45. The second kappa shape index (κ2) is 5.31. The lowest BCUT2D eigenvalue weighted by Crippen LogP contribution is -2.34. The lowest BCUT2D eigenvalue weighted by molar-refractivity contribution is -0.119. The van der Waals surface area contributed by atoms with Gasteiger partial charge in [-0.3, -0.25) is 4.79 Å². The third-order valence-electron chi connectivity index (χ3n) is 2.58. The van der Waals surface area contributed by atoms with Crippen LogP contribution in [0, 0.1) is 0 Å². The van der Waals surface area contributed by atoms with Crippen molar-refractivity contribution in [2.24, 2.45) is 0 Å². The van der Waals surface area contributed by atoms with Gasteiger partial charge in [-0.1, -0.05) is 13.3 Å². The van der Waals surface area contributed by atoms with Gasteiger partial charge >= 0.3 is 0 Å². The Labute approximate surface area is 74.7 Å². The maximum Gasteiger partial charge on any atom is 0.132 e. The molecule has 1 atom stereocenters. The molecule has 0 aliphatic carbocycles. The molecule has 0 spiro atoms. The zero-order valence-corrected chi connectivity index (χ0v) is 7.94. The Morgan fingerprint density at radius 2 is 2.33 bits per heavy atom. The molecule has 12 heavy (non-hydrogen) atoms. The van der Waals surface area contributed by atoms with Crippen LogP contribution in [0.2, 0.25) is 0 Å². The van der Waals surface area contributed by atoms with E-state index in [0.29, 0.717) is 18.2 Å². The van der Waals surface area contributed by atoms with Gasteiger partial charge in [-0.25, -0.2) is 0 Å². The highest BCUT2D eigenvalue weighted by Crippen LogP contribution is 2.12. The zero-order chi connectivity index (χ0) is 8.81. The average Bonchev–Trinajstić information content (AvgIpc) is 2.16. The van der Waals surface area contributed by atoms with Gasteiger partial charge in [0.05, 0.1) is 0 Å². The van der Waals surface area contributed by atoms with Crippen LogP contribution in [0.15, 0.2) is 0 Å². The van der Waals surface area contributed by atoms with Crippen LogP contribution < -0.4 is 5.32 Å². The fourth-order valence-corrected chi connectivity index (χ4v) is 1.68. The molecule has 0 radical (unpaired) electrons. The number of ketones is 1. The molecule has 0 bridgehead atoms. The Kier molecular flexibility index (Phi) is 4.30. The molecule has 0 amide bonds. The molecule has 1 aliphatic heterocycles. The highest BCUT2D eigenvalue weighted by atomic mass is 16.1. The SMILES string of the molecule is CCC(=O)CCC1CCCCN1. The first-order chi connectivity index (χ1) is 5.83. The fourth-order valence-electron chi connectivity index (χ4n) is 1.68. The second-order valence-corrected chi connectivity index (χ2v) is 3.58. The minimum Gasteiger partial charge on any atom is -0.314 e. The summed E-state index contributed by atoms with van der Waals surface area (Å²) in [6.07, 6.45) is 6.42. The molecule has 2 heteroatoms. The van der Waals surface area contributed by atoms with Crippen LogP contribution in [0.25, 0.3) is 0 Å². The Hall–Kier alpha value is -0.370. The number of hydrogen-bond donors (Lipinski definition) is 1. The van der Waals surface area contributed by atoms with Crippen molar-refractivity contribution >= 4 is 5.78 Å². The fraction of sp³-hybridized carbons (Fsp3) is 0.900. The first-order valence-electron chi connectivity index (χ1n) is 5.08. The Balaban J connectivity index is 2.09. The van der Waals surface area contributed by atoms with Gasteiger partial charge < -0.3 is 5.32 Å². The van der Waals surface area contributed by atoms with Crippen LogP contribution in [0.1, 0.15) is 45.4 Å². The normalized spacial score (nSPS) is 23.9. The summed E-state index contributed by atoms with van der Waals surface area (Å²) in [6, 6.07) is 0.620. The van der Waals surface area contributed by atoms with E-state index >= 15 is 0 Å². The molecule has 0 aromatic heterocycles. The van der Waals surface area contributed by atoms with E-state index in [1.165, 1.54) is 19.3 Å². The highest BCUT2D eigenvalue weighted by Gasteiger charge is 2.12. The summed E-state index contributed by atoms with van der Waals surface area (Å²) in [5.41, 5.74) is 0. The molecular formula is C10H19NO. The Morgan fingerprint density at radius 1 is 1.50 bits per heavy atom. The first-order valence-corrected chi connectivity index (χ1v) is 5.08. The van der Waals surface area contributed by atoms with Crippen LogP contribution in [0.4, 0.5) is 0 Å². The molecular weight excluding hydrogens is 150 g/mol. The number of carbonyl (C=O) groups is 1. The maximum absolute atomic E-state index is 11.0. The monoisotopic (exact) mass is 169 g/mol. The average molecular weight is 169 g/mol. The lowest BCUT2D eigenvalue weighted by atomic mass is 9.99. The molecule has 1 unspecified atom stereocenters. The van der Waals surface area contributed by atoms with Crippen molar-refractivity contribution in [3.05, 3.63) is 0 Å². The maximum atomic E-state index is 11.0. The number of carbonyl (C=O) groups excluding carboxylic acids is 1. The summed E-state index contributed by atoms with van der Waals surface area (Å²) >= 11 is 0. The molecule has 1 aliphatic rings. The van der Waals surface area contributed by atoms with Gasteiger partial charge in [-0.15, -0.1) is 0 Å². The van der Waals surface area contributed by atoms with Crippen molar-refractivity contribution in [1.29, 1.82) is 0 Å². The highest BCUT2D eigenvalue weighted by molar-refractivity contribution is 5.77. The van der Waals surface area contributed by atoms with Crippen LogP contribution >= 0.6 is 0 Å². The second-order valence-electron chi connectivity index (χ2n) is 3.58. The molecule has 1 saturated heterocycles. The Bertz CT molecular complexity index is 139. The van der Waals surface area contributed by atoms with Gasteiger partial charge in [0.1, 0.15) is 5.78 Å². The van der Waals surface area contributed by atoms with E-state index in [4.69, 9.17) is 0 Å². The Morgan fingerprint density at radius 3 is 2.92 bits per heavy atom. The molecule has 0 aromatic carbocycles. The van der Waals surface area contributed by atoms with Crippen LogP contribution in [-0.4, -0.2) is 18.4 Å². The third-order valence-corrected chi connectivity index (χ3v) is 2.58. The first kappa shape index (κ1) is 9.72. The van der Waals surface area contributed by atoms with Crippen molar-refractivity contribution in [2.45, 2.75) is 51.5 Å². The summed E-state index contributed by atoms with van der Waals surface area (Å²) < 4.78 is 0. The molecule has 1 N–H and O–H groups in total. The van der Waals surface area contributed by atoms with Crippen LogP contribution in [-0.2, 0) is 4.79 Å². The van der Waals surface area contributed by atoms with Crippen molar-refractivity contribution in [3.8, 4) is 0 Å². The molecule has 0 saturated carbocycles. The molecule has 70 valence electrons. The predicted molar refractivity (Wildman–Crippen MR) is 50.2 cm³/mol. The quantitative estimate of drug-likeness (QED) is 0.696. The number of nitrogens with one attached hydrogen (secondary N) is 1. The van der Waals surface area contributed by atoms with E-state index in [1.807, 2.05) is 6.92 Å². The van der Waals surface area contributed by atoms with Gasteiger partial charge in [0.25, 0.3) is 0 Å². The molecule has 1 rings (SSSR count). The van der Waals surface area contributed by atoms with Crippen molar-refractivity contribution in [3.63, 3.8) is 0 Å². The lowest BCUT2D eigenvalue weighted by Gasteiger charge is -2.22. The van der Waals surface area contributed by atoms with E-state index < -0.39 is 0 Å². The molecule has 0 aromatic rings.